The summed E-state index contributed by atoms with van der Waals surface area (Å²) in [7, 11) is 0. The van der Waals surface area contributed by atoms with Crippen molar-refractivity contribution in [2.75, 3.05) is 26.3 Å². The van der Waals surface area contributed by atoms with Crippen molar-refractivity contribution in [1.29, 1.82) is 0 Å². The van der Waals surface area contributed by atoms with E-state index in [-0.39, 0.29) is 17.2 Å². The van der Waals surface area contributed by atoms with E-state index in [0.717, 1.165) is 32.7 Å². The maximum Gasteiger partial charge on any atom is 0.0788 e. The zero-order chi connectivity index (χ0) is 14.3. The first-order valence-corrected chi connectivity index (χ1v) is 7.55. The Hall–Kier alpha value is -0.160. The minimum Gasteiger partial charge on any atom is -0.378 e. The Labute approximate surface area is 117 Å². The molecule has 0 aliphatic carbocycles. The summed E-state index contributed by atoms with van der Waals surface area (Å²) in [5.41, 5.74) is 6.07. The van der Waals surface area contributed by atoms with Gasteiger partial charge in [-0.15, -0.1) is 0 Å². The van der Waals surface area contributed by atoms with Gasteiger partial charge in [0.2, 0.25) is 0 Å². The zero-order valence-electron chi connectivity index (χ0n) is 13.1. The first kappa shape index (κ1) is 15.2. The highest BCUT2D eigenvalue weighted by Gasteiger charge is 2.52. The maximum absolute atomic E-state index is 6.45. The second kappa shape index (κ2) is 5.32. The number of morpholine rings is 1. The van der Waals surface area contributed by atoms with Crippen molar-refractivity contribution in [3.05, 3.63) is 0 Å². The molecule has 4 nitrogen and oxygen atoms in total. The summed E-state index contributed by atoms with van der Waals surface area (Å²) < 4.78 is 11.8. The molecule has 0 radical (unpaired) electrons. The van der Waals surface area contributed by atoms with E-state index in [1.54, 1.807) is 0 Å². The molecule has 2 saturated heterocycles. The Bertz CT molecular complexity index is 317. The average molecular weight is 270 g/mol. The van der Waals surface area contributed by atoms with E-state index in [4.69, 9.17) is 15.2 Å². The smallest absolute Gasteiger partial charge is 0.0788 e. The lowest BCUT2D eigenvalue weighted by Gasteiger charge is -2.39. The molecule has 0 spiro atoms. The van der Waals surface area contributed by atoms with Crippen LogP contribution in [0.25, 0.3) is 0 Å². The van der Waals surface area contributed by atoms with Crippen LogP contribution in [0.1, 0.15) is 41.0 Å². The number of hydrogen-bond acceptors (Lipinski definition) is 4. The Morgan fingerprint density at radius 3 is 2.42 bits per heavy atom. The minimum atomic E-state index is -0.234. The average Bonchev–Trinajstić information content (AvgIpc) is 2.48. The van der Waals surface area contributed by atoms with Gasteiger partial charge < -0.3 is 15.2 Å². The van der Waals surface area contributed by atoms with Gasteiger partial charge in [0.05, 0.1) is 24.4 Å². The number of ether oxygens (including phenoxy) is 2. The summed E-state index contributed by atoms with van der Waals surface area (Å²) in [6.07, 6.45) is 1.13. The van der Waals surface area contributed by atoms with Crippen molar-refractivity contribution >= 4 is 0 Å². The molecule has 112 valence electrons. The quantitative estimate of drug-likeness (QED) is 0.847. The molecule has 0 bridgehead atoms. The van der Waals surface area contributed by atoms with Crippen molar-refractivity contribution in [3.63, 3.8) is 0 Å². The number of hydrogen-bond donors (Lipinski definition) is 1. The lowest BCUT2D eigenvalue weighted by molar-refractivity contribution is -0.0835. The topological polar surface area (TPSA) is 47.7 Å². The predicted molar refractivity (Wildman–Crippen MR) is 77.2 cm³/mol. The van der Waals surface area contributed by atoms with Gasteiger partial charge in [0.25, 0.3) is 0 Å². The van der Waals surface area contributed by atoms with Gasteiger partial charge >= 0.3 is 0 Å². The molecule has 19 heavy (non-hydrogen) atoms. The van der Waals surface area contributed by atoms with Gasteiger partial charge in [0, 0.05) is 31.1 Å². The van der Waals surface area contributed by atoms with Crippen molar-refractivity contribution in [1.82, 2.24) is 4.90 Å². The molecule has 3 unspecified atom stereocenters. The van der Waals surface area contributed by atoms with Gasteiger partial charge in [-0.05, 0) is 34.1 Å². The maximum atomic E-state index is 6.45. The summed E-state index contributed by atoms with van der Waals surface area (Å²) in [6.45, 7) is 14.5. The molecule has 0 saturated carbocycles. The van der Waals surface area contributed by atoms with E-state index in [1.807, 2.05) is 0 Å². The summed E-state index contributed by atoms with van der Waals surface area (Å²) in [5.74, 6) is 0.370. The minimum absolute atomic E-state index is 0.0860. The van der Waals surface area contributed by atoms with Crippen LogP contribution in [0, 0.1) is 5.92 Å². The van der Waals surface area contributed by atoms with E-state index in [0.29, 0.717) is 12.0 Å². The molecule has 0 aromatic carbocycles. The van der Waals surface area contributed by atoms with Crippen molar-refractivity contribution in [3.8, 4) is 0 Å². The fourth-order valence-electron chi connectivity index (χ4n) is 3.63. The molecule has 2 aliphatic heterocycles. The van der Waals surface area contributed by atoms with E-state index in [2.05, 4.69) is 39.5 Å². The highest BCUT2D eigenvalue weighted by molar-refractivity contribution is 5.05. The van der Waals surface area contributed by atoms with Crippen LogP contribution in [0.15, 0.2) is 0 Å². The summed E-state index contributed by atoms with van der Waals surface area (Å²) in [6, 6.07) is 0.614. The SMILES string of the molecule is CCC1COCCN1CC1C(N)C(C)(C)OC1(C)C. The van der Waals surface area contributed by atoms with Gasteiger partial charge in [-0.3, -0.25) is 4.90 Å². The van der Waals surface area contributed by atoms with Crippen LogP contribution >= 0.6 is 0 Å². The molecule has 2 rings (SSSR count). The van der Waals surface area contributed by atoms with Crippen molar-refractivity contribution in [2.45, 2.75) is 64.3 Å². The van der Waals surface area contributed by atoms with Crippen LogP contribution in [-0.2, 0) is 9.47 Å². The summed E-state index contributed by atoms with van der Waals surface area (Å²) in [4.78, 5) is 2.54. The van der Waals surface area contributed by atoms with E-state index in [1.165, 1.54) is 0 Å². The predicted octanol–water partition coefficient (Wildman–Crippen LogP) is 1.63. The van der Waals surface area contributed by atoms with Crippen LogP contribution in [-0.4, -0.2) is 54.5 Å². The van der Waals surface area contributed by atoms with E-state index < -0.39 is 0 Å². The Kier molecular flexibility index (Phi) is 4.26. The third-order valence-corrected chi connectivity index (χ3v) is 4.91. The number of nitrogens with two attached hydrogens (primary N) is 1. The van der Waals surface area contributed by atoms with Crippen molar-refractivity contribution < 1.29 is 9.47 Å². The van der Waals surface area contributed by atoms with Gasteiger partial charge in [-0.2, -0.15) is 0 Å². The first-order valence-electron chi connectivity index (χ1n) is 7.55. The first-order chi connectivity index (χ1) is 8.78. The Balaban J connectivity index is 2.08. The molecular weight excluding hydrogens is 240 g/mol. The molecule has 2 N–H and O–H groups in total. The molecular formula is C15H30N2O2. The number of nitrogens with zero attached hydrogens (tertiary/aromatic N) is 1. The largest absolute Gasteiger partial charge is 0.378 e. The highest BCUT2D eigenvalue weighted by atomic mass is 16.5. The second-order valence-electron chi connectivity index (χ2n) is 7.07. The highest BCUT2D eigenvalue weighted by Crippen LogP contribution is 2.41. The third kappa shape index (κ3) is 2.97. The van der Waals surface area contributed by atoms with Crippen LogP contribution in [0.5, 0.6) is 0 Å². The fraction of sp³-hybridized carbons (Fsp3) is 1.00. The fourth-order valence-corrected chi connectivity index (χ4v) is 3.63. The lowest BCUT2D eigenvalue weighted by Crippen LogP contribution is -2.53. The molecule has 2 fully saturated rings. The monoisotopic (exact) mass is 270 g/mol. The Morgan fingerprint density at radius 1 is 1.21 bits per heavy atom. The van der Waals surface area contributed by atoms with Gasteiger partial charge in [-0.1, -0.05) is 6.92 Å². The summed E-state index contributed by atoms with van der Waals surface area (Å²) in [5, 5.41) is 0. The molecule has 4 heteroatoms. The Morgan fingerprint density at radius 2 is 1.89 bits per heavy atom. The number of rotatable bonds is 3. The van der Waals surface area contributed by atoms with Crippen molar-refractivity contribution in [2.24, 2.45) is 11.7 Å². The van der Waals surface area contributed by atoms with Gasteiger partial charge in [-0.25, -0.2) is 0 Å². The second-order valence-corrected chi connectivity index (χ2v) is 7.07. The lowest BCUT2D eigenvalue weighted by atomic mass is 9.82. The van der Waals surface area contributed by atoms with Crippen LogP contribution in [0.2, 0.25) is 0 Å². The zero-order valence-corrected chi connectivity index (χ0v) is 13.1. The van der Waals surface area contributed by atoms with Gasteiger partial charge in [0.1, 0.15) is 0 Å². The molecule has 3 atom stereocenters. The normalized spacial score (nSPS) is 38.5. The molecule has 0 aromatic heterocycles. The van der Waals surface area contributed by atoms with E-state index >= 15 is 0 Å². The third-order valence-electron chi connectivity index (χ3n) is 4.91. The van der Waals surface area contributed by atoms with Gasteiger partial charge in [0.15, 0.2) is 0 Å². The summed E-state index contributed by atoms with van der Waals surface area (Å²) >= 11 is 0. The van der Waals surface area contributed by atoms with Crippen LogP contribution < -0.4 is 5.73 Å². The van der Waals surface area contributed by atoms with E-state index in [9.17, 15) is 0 Å². The standard InChI is InChI=1S/C15H30N2O2/c1-6-11-10-18-8-7-17(11)9-12-13(16)15(4,5)19-14(12,2)3/h11-13H,6-10,16H2,1-5H3. The molecule has 0 amide bonds. The molecule has 2 aliphatic rings. The molecule has 0 aromatic rings. The van der Waals surface area contributed by atoms with Crippen LogP contribution in [0.4, 0.5) is 0 Å². The van der Waals surface area contributed by atoms with Crippen LogP contribution in [0.3, 0.4) is 0 Å². The molecule has 2 heterocycles.